The summed E-state index contributed by atoms with van der Waals surface area (Å²) >= 11 is 1.73. The van der Waals surface area contributed by atoms with Gasteiger partial charge in [-0.2, -0.15) is 0 Å². The smallest absolute Gasteiger partial charge is 0.307 e. The van der Waals surface area contributed by atoms with Crippen molar-refractivity contribution in [1.82, 2.24) is 4.90 Å². The van der Waals surface area contributed by atoms with E-state index < -0.39 is 5.97 Å². The van der Waals surface area contributed by atoms with Crippen molar-refractivity contribution in [2.75, 3.05) is 32.1 Å². The zero-order valence-corrected chi connectivity index (χ0v) is 15.1. The van der Waals surface area contributed by atoms with Gasteiger partial charge in [0.15, 0.2) is 0 Å². The Kier molecular flexibility index (Phi) is 4.83. The number of likely N-dealkylation sites (N-methyl/N-ethyl adjacent to an activating group) is 1. The fraction of sp³-hybridized carbons (Fsp3) is 0.316. The van der Waals surface area contributed by atoms with E-state index in [9.17, 15) is 9.90 Å². The number of rotatable bonds is 5. The fourth-order valence-electron chi connectivity index (χ4n) is 2.96. The van der Waals surface area contributed by atoms with E-state index in [0.29, 0.717) is 0 Å². The predicted octanol–water partition coefficient (Wildman–Crippen LogP) is 3.79. The average Bonchev–Trinajstić information content (AvgIpc) is 2.50. The second-order valence-electron chi connectivity index (χ2n) is 6.36. The van der Waals surface area contributed by atoms with E-state index in [-0.39, 0.29) is 6.42 Å². The summed E-state index contributed by atoms with van der Waals surface area (Å²) in [5, 5.41) is 9.27. The van der Waals surface area contributed by atoms with Gasteiger partial charge < -0.3 is 14.9 Å². The number of hydrogen-bond donors (Lipinski definition) is 1. The van der Waals surface area contributed by atoms with E-state index in [1.54, 1.807) is 11.8 Å². The number of nitrogens with zero attached hydrogens (tertiary/aromatic N) is 2. The predicted molar refractivity (Wildman–Crippen MR) is 98.6 cm³/mol. The molecule has 4 nitrogen and oxygen atoms in total. The summed E-state index contributed by atoms with van der Waals surface area (Å²) in [5.74, 6) is -0.796. The van der Waals surface area contributed by atoms with Crippen molar-refractivity contribution in [3.63, 3.8) is 0 Å². The molecule has 5 heteroatoms. The highest BCUT2D eigenvalue weighted by atomic mass is 32.2. The zero-order chi connectivity index (χ0) is 17.3. The highest BCUT2D eigenvalue weighted by Gasteiger charge is 2.26. The summed E-state index contributed by atoms with van der Waals surface area (Å²) in [5.41, 5.74) is 4.32. The third kappa shape index (κ3) is 3.42. The number of aryl methyl sites for hydroxylation is 1. The van der Waals surface area contributed by atoms with E-state index in [1.807, 2.05) is 12.1 Å². The number of carboxylic acid groups (broad SMARTS) is 1. The maximum absolute atomic E-state index is 11.3. The molecule has 0 saturated heterocycles. The lowest BCUT2D eigenvalue weighted by Gasteiger charge is -2.35. The molecule has 0 fully saturated rings. The van der Waals surface area contributed by atoms with Crippen molar-refractivity contribution in [3.8, 4) is 0 Å². The molecule has 3 rings (SSSR count). The molecule has 0 atom stereocenters. The molecule has 0 spiro atoms. The van der Waals surface area contributed by atoms with Crippen LogP contribution < -0.4 is 4.90 Å². The van der Waals surface area contributed by atoms with Gasteiger partial charge in [0.25, 0.3) is 0 Å². The fourth-order valence-corrected chi connectivity index (χ4v) is 4.21. The lowest BCUT2D eigenvalue weighted by molar-refractivity contribution is -0.136. The quantitative estimate of drug-likeness (QED) is 0.896. The molecule has 0 radical (unpaired) electrons. The van der Waals surface area contributed by atoms with Gasteiger partial charge in [-0.25, -0.2) is 0 Å². The van der Waals surface area contributed by atoms with Gasteiger partial charge in [0, 0.05) is 22.9 Å². The van der Waals surface area contributed by atoms with Crippen LogP contribution in [0.2, 0.25) is 0 Å². The Morgan fingerprint density at radius 3 is 2.71 bits per heavy atom. The van der Waals surface area contributed by atoms with Crippen LogP contribution >= 0.6 is 11.8 Å². The normalized spacial score (nSPS) is 12.9. The lowest BCUT2D eigenvalue weighted by Crippen LogP contribution is -2.31. The van der Waals surface area contributed by atoms with Gasteiger partial charge in [-0.05, 0) is 50.3 Å². The van der Waals surface area contributed by atoms with Gasteiger partial charge in [-0.1, -0.05) is 30.0 Å². The Morgan fingerprint density at radius 1 is 1.21 bits per heavy atom. The molecule has 2 aromatic rings. The molecule has 1 heterocycles. The van der Waals surface area contributed by atoms with Crippen LogP contribution in [0.4, 0.5) is 11.4 Å². The van der Waals surface area contributed by atoms with Crippen LogP contribution in [0.1, 0.15) is 11.1 Å². The second-order valence-corrected chi connectivity index (χ2v) is 7.45. The molecule has 2 aromatic carbocycles. The van der Waals surface area contributed by atoms with Crippen LogP contribution in [-0.2, 0) is 11.2 Å². The first-order valence-electron chi connectivity index (χ1n) is 8.00. The molecule has 1 N–H and O–H groups in total. The van der Waals surface area contributed by atoms with E-state index >= 15 is 0 Å². The number of anilines is 2. The standard InChI is InChI=1S/C19H22N2O2S/c1-13-7-8-15-17(11-13)24-16-6-4-5-14(12-18(22)23)19(16)21(15)10-9-20(2)3/h4-8,11H,9-10,12H2,1-3H3,(H,22,23). The highest BCUT2D eigenvalue weighted by Crippen LogP contribution is 2.49. The minimum atomic E-state index is -0.796. The molecule has 0 bridgehead atoms. The average molecular weight is 342 g/mol. The maximum Gasteiger partial charge on any atom is 0.307 e. The van der Waals surface area contributed by atoms with Crippen LogP contribution in [0.15, 0.2) is 46.2 Å². The Balaban J connectivity index is 2.10. The van der Waals surface area contributed by atoms with Crippen molar-refractivity contribution < 1.29 is 9.90 Å². The summed E-state index contributed by atoms with van der Waals surface area (Å²) in [6.45, 7) is 3.83. The van der Waals surface area contributed by atoms with Gasteiger partial charge in [-0.3, -0.25) is 4.79 Å². The Morgan fingerprint density at radius 2 is 2.00 bits per heavy atom. The van der Waals surface area contributed by atoms with Gasteiger partial charge in [0.05, 0.1) is 17.8 Å². The summed E-state index contributed by atoms with van der Waals surface area (Å²) in [7, 11) is 4.11. The Bertz CT molecular complexity index is 774. The molecule has 1 aliphatic rings. The summed E-state index contributed by atoms with van der Waals surface area (Å²) in [4.78, 5) is 18.1. The monoisotopic (exact) mass is 342 g/mol. The van der Waals surface area contributed by atoms with Crippen LogP contribution in [0, 0.1) is 6.92 Å². The molecule has 126 valence electrons. The third-order valence-corrected chi connectivity index (χ3v) is 5.19. The SMILES string of the molecule is Cc1ccc2c(c1)Sc1cccc(CC(=O)O)c1N2CCN(C)C. The number of para-hydroxylation sites is 1. The maximum atomic E-state index is 11.3. The molecule has 1 aliphatic heterocycles. The molecule has 0 aliphatic carbocycles. The molecule has 24 heavy (non-hydrogen) atoms. The first kappa shape index (κ1) is 16.9. The summed E-state index contributed by atoms with van der Waals surface area (Å²) in [6, 6.07) is 12.4. The molecule has 0 aromatic heterocycles. The van der Waals surface area contributed by atoms with E-state index in [2.05, 4.69) is 55.1 Å². The molecule has 0 unspecified atom stereocenters. The minimum absolute atomic E-state index is 0.0450. The van der Waals surface area contributed by atoms with Gasteiger partial charge in [-0.15, -0.1) is 0 Å². The topological polar surface area (TPSA) is 43.8 Å². The van der Waals surface area contributed by atoms with Gasteiger partial charge in [0.1, 0.15) is 0 Å². The van der Waals surface area contributed by atoms with Gasteiger partial charge >= 0.3 is 5.97 Å². The minimum Gasteiger partial charge on any atom is -0.481 e. The molecule has 0 amide bonds. The van der Waals surface area contributed by atoms with Crippen molar-refractivity contribution in [3.05, 3.63) is 47.5 Å². The molecular formula is C19H22N2O2S. The van der Waals surface area contributed by atoms with E-state index in [1.165, 1.54) is 10.5 Å². The first-order chi connectivity index (χ1) is 11.5. The zero-order valence-electron chi connectivity index (χ0n) is 14.2. The number of fused-ring (bicyclic) bond motifs is 2. The lowest BCUT2D eigenvalue weighted by atomic mass is 10.1. The summed E-state index contributed by atoms with van der Waals surface area (Å²) in [6.07, 6.45) is 0.0450. The number of carboxylic acids is 1. The van der Waals surface area contributed by atoms with Crippen molar-refractivity contribution in [2.24, 2.45) is 0 Å². The van der Waals surface area contributed by atoms with Crippen molar-refractivity contribution >= 4 is 29.1 Å². The molecular weight excluding hydrogens is 320 g/mol. The van der Waals surface area contributed by atoms with Crippen LogP contribution in [0.5, 0.6) is 0 Å². The van der Waals surface area contributed by atoms with Crippen molar-refractivity contribution in [2.45, 2.75) is 23.1 Å². The van der Waals surface area contributed by atoms with Crippen LogP contribution in [-0.4, -0.2) is 43.2 Å². The van der Waals surface area contributed by atoms with Crippen LogP contribution in [0.25, 0.3) is 0 Å². The largest absolute Gasteiger partial charge is 0.481 e. The summed E-state index contributed by atoms with van der Waals surface area (Å²) < 4.78 is 0. The number of carbonyl (C=O) groups is 1. The highest BCUT2D eigenvalue weighted by molar-refractivity contribution is 7.99. The first-order valence-corrected chi connectivity index (χ1v) is 8.82. The third-order valence-electron chi connectivity index (χ3n) is 4.09. The Hall–Kier alpha value is -1.98. The van der Waals surface area contributed by atoms with Gasteiger partial charge in [0.2, 0.25) is 0 Å². The number of benzene rings is 2. The van der Waals surface area contributed by atoms with E-state index in [0.717, 1.165) is 34.9 Å². The Labute approximate surface area is 147 Å². The number of aliphatic carboxylic acids is 1. The van der Waals surface area contributed by atoms with E-state index in [4.69, 9.17) is 0 Å². The van der Waals surface area contributed by atoms with Crippen molar-refractivity contribution in [1.29, 1.82) is 0 Å². The van der Waals surface area contributed by atoms with Crippen LogP contribution in [0.3, 0.4) is 0 Å². The molecule has 0 saturated carbocycles. The second kappa shape index (κ2) is 6.87. The number of hydrogen-bond acceptors (Lipinski definition) is 4.